The lowest BCUT2D eigenvalue weighted by molar-refractivity contribution is -0.146. The van der Waals surface area contributed by atoms with Crippen molar-refractivity contribution in [2.24, 2.45) is 0 Å². The van der Waals surface area contributed by atoms with E-state index < -0.39 is 5.97 Å². The van der Waals surface area contributed by atoms with Crippen LogP contribution in [0.3, 0.4) is 0 Å². The summed E-state index contributed by atoms with van der Waals surface area (Å²) in [5.41, 5.74) is 4.65. The van der Waals surface area contributed by atoms with E-state index in [-0.39, 0.29) is 18.9 Å². The zero-order chi connectivity index (χ0) is 17.8. The number of carbonyl (C=O) groups is 2. The predicted molar refractivity (Wildman–Crippen MR) is 97.5 cm³/mol. The van der Waals surface area contributed by atoms with E-state index in [2.05, 4.69) is 10.3 Å². The number of aromatic amines is 1. The number of anilines is 1. The second-order valence-corrected chi connectivity index (χ2v) is 6.06. The minimum absolute atomic E-state index is 0.126. The normalized spacial score (nSPS) is 10.6. The van der Waals surface area contributed by atoms with Crippen LogP contribution in [0, 0.1) is 13.8 Å². The van der Waals surface area contributed by atoms with Crippen molar-refractivity contribution in [3.63, 3.8) is 0 Å². The zero-order valence-corrected chi connectivity index (χ0v) is 14.3. The quantitative estimate of drug-likeness (QED) is 0.701. The molecule has 3 aromatic rings. The summed E-state index contributed by atoms with van der Waals surface area (Å²) in [4.78, 5) is 27.1. The van der Waals surface area contributed by atoms with Crippen molar-refractivity contribution in [3.05, 3.63) is 65.4 Å². The van der Waals surface area contributed by atoms with Crippen LogP contribution in [-0.2, 0) is 20.7 Å². The highest BCUT2D eigenvalue weighted by molar-refractivity contribution is 5.94. The molecular weight excluding hydrogens is 316 g/mol. The Kier molecular flexibility index (Phi) is 4.84. The van der Waals surface area contributed by atoms with Gasteiger partial charge in [-0.1, -0.05) is 35.9 Å². The predicted octanol–water partition coefficient (Wildman–Crippen LogP) is 3.51. The van der Waals surface area contributed by atoms with Gasteiger partial charge < -0.3 is 15.0 Å². The summed E-state index contributed by atoms with van der Waals surface area (Å²) in [6, 6.07) is 13.5. The van der Waals surface area contributed by atoms with Crippen LogP contribution in [0.25, 0.3) is 10.9 Å². The van der Waals surface area contributed by atoms with Gasteiger partial charge in [-0.15, -0.1) is 0 Å². The van der Waals surface area contributed by atoms with E-state index in [0.29, 0.717) is 0 Å². The van der Waals surface area contributed by atoms with Gasteiger partial charge in [0.25, 0.3) is 5.91 Å². The molecule has 0 aliphatic rings. The van der Waals surface area contributed by atoms with E-state index in [4.69, 9.17) is 4.74 Å². The Bertz CT molecular complexity index is 928. The van der Waals surface area contributed by atoms with Crippen LogP contribution in [0.1, 0.15) is 16.7 Å². The van der Waals surface area contributed by atoms with E-state index in [1.54, 1.807) is 6.20 Å². The molecule has 0 bridgehead atoms. The zero-order valence-electron chi connectivity index (χ0n) is 14.3. The third-order valence-electron chi connectivity index (χ3n) is 4.03. The highest BCUT2D eigenvalue weighted by atomic mass is 16.5. The third kappa shape index (κ3) is 4.07. The fourth-order valence-corrected chi connectivity index (χ4v) is 2.77. The molecule has 0 saturated carbocycles. The first-order valence-electron chi connectivity index (χ1n) is 8.10. The fraction of sp³-hybridized carbons (Fsp3) is 0.200. The van der Waals surface area contributed by atoms with Crippen molar-refractivity contribution < 1.29 is 14.3 Å². The first-order chi connectivity index (χ1) is 12.0. The van der Waals surface area contributed by atoms with Gasteiger partial charge >= 0.3 is 5.97 Å². The molecule has 0 fully saturated rings. The summed E-state index contributed by atoms with van der Waals surface area (Å²) in [5, 5.41) is 3.74. The maximum Gasteiger partial charge on any atom is 0.310 e. The topological polar surface area (TPSA) is 71.2 Å². The largest absolute Gasteiger partial charge is 0.455 e. The molecule has 5 heteroatoms. The minimum atomic E-state index is -0.430. The molecule has 0 radical (unpaired) electrons. The standard InChI is InChI=1S/C20H20N2O3/c1-13-7-8-17(14(2)9-13)22-19(23)12-25-20(24)10-15-11-21-18-6-4-3-5-16(15)18/h3-9,11,21H,10,12H2,1-2H3,(H,22,23). The molecule has 0 atom stereocenters. The third-order valence-corrected chi connectivity index (χ3v) is 4.03. The molecule has 1 aromatic heterocycles. The second kappa shape index (κ2) is 7.21. The van der Waals surface area contributed by atoms with Gasteiger partial charge in [-0.05, 0) is 37.1 Å². The highest BCUT2D eigenvalue weighted by Crippen LogP contribution is 2.18. The Labute approximate surface area is 146 Å². The van der Waals surface area contributed by atoms with Crippen molar-refractivity contribution in [3.8, 4) is 0 Å². The highest BCUT2D eigenvalue weighted by Gasteiger charge is 2.12. The number of ether oxygens (including phenoxy) is 1. The van der Waals surface area contributed by atoms with Crippen LogP contribution in [0.2, 0.25) is 0 Å². The minimum Gasteiger partial charge on any atom is -0.455 e. The van der Waals surface area contributed by atoms with Crippen LogP contribution in [-0.4, -0.2) is 23.5 Å². The van der Waals surface area contributed by atoms with Gasteiger partial charge in [0.2, 0.25) is 0 Å². The Morgan fingerprint density at radius 1 is 1.12 bits per heavy atom. The van der Waals surface area contributed by atoms with Gasteiger partial charge in [0, 0.05) is 22.8 Å². The Morgan fingerprint density at radius 2 is 1.92 bits per heavy atom. The first-order valence-corrected chi connectivity index (χ1v) is 8.10. The van der Waals surface area contributed by atoms with Crippen LogP contribution in [0.5, 0.6) is 0 Å². The molecule has 0 aliphatic carbocycles. The van der Waals surface area contributed by atoms with E-state index >= 15 is 0 Å². The van der Waals surface area contributed by atoms with Crippen LogP contribution in [0.15, 0.2) is 48.7 Å². The number of aromatic nitrogens is 1. The molecule has 0 unspecified atom stereocenters. The van der Waals surface area contributed by atoms with Crippen molar-refractivity contribution in [2.45, 2.75) is 20.3 Å². The molecule has 1 heterocycles. The first kappa shape index (κ1) is 16.8. The summed E-state index contributed by atoms with van der Waals surface area (Å²) in [6.45, 7) is 3.62. The number of carbonyl (C=O) groups excluding carboxylic acids is 2. The summed E-state index contributed by atoms with van der Waals surface area (Å²) in [5.74, 6) is -0.778. The molecule has 0 saturated heterocycles. The molecule has 3 rings (SSSR count). The number of aryl methyl sites for hydroxylation is 2. The van der Waals surface area contributed by atoms with E-state index in [0.717, 1.165) is 33.3 Å². The summed E-state index contributed by atoms with van der Waals surface area (Å²) in [7, 11) is 0. The summed E-state index contributed by atoms with van der Waals surface area (Å²) in [6.07, 6.45) is 1.92. The molecule has 128 valence electrons. The average Bonchev–Trinajstić information content (AvgIpc) is 2.99. The molecular formula is C20H20N2O3. The van der Waals surface area contributed by atoms with Gasteiger partial charge in [-0.2, -0.15) is 0 Å². The second-order valence-electron chi connectivity index (χ2n) is 6.06. The molecule has 2 aromatic carbocycles. The molecule has 5 nitrogen and oxygen atoms in total. The number of H-pyrrole nitrogens is 1. The lowest BCUT2D eigenvalue weighted by Crippen LogP contribution is -2.22. The van der Waals surface area contributed by atoms with Crippen LogP contribution >= 0.6 is 0 Å². The van der Waals surface area contributed by atoms with E-state index in [1.807, 2.05) is 56.3 Å². The fourth-order valence-electron chi connectivity index (χ4n) is 2.77. The number of nitrogens with one attached hydrogen (secondary N) is 2. The number of benzene rings is 2. The molecule has 0 spiro atoms. The van der Waals surface area contributed by atoms with Crippen molar-refractivity contribution in [1.82, 2.24) is 4.98 Å². The van der Waals surface area contributed by atoms with Crippen LogP contribution in [0.4, 0.5) is 5.69 Å². The van der Waals surface area contributed by atoms with Gasteiger partial charge in [-0.25, -0.2) is 0 Å². The van der Waals surface area contributed by atoms with Crippen LogP contribution < -0.4 is 5.32 Å². The average molecular weight is 336 g/mol. The Morgan fingerprint density at radius 3 is 2.72 bits per heavy atom. The number of esters is 1. The van der Waals surface area contributed by atoms with Gasteiger partial charge in [0.05, 0.1) is 6.42 Å². The summed E-state index contributed by atoms with van der Waals surface area (Å²) >= 11 is 0. The van der Waals surface area contributed by atoms with Gasteiger partial charge in [0.1, 0.15) is 0 Å². The Balaban J connectivity index is 1.54. The number of fused-ring (bicyclic) bond motifs is 1. The molecule has 2 N–H and O–H groups in total. The Hall–Kier alpha value is -3.08. The maximum absolute atomic E-state index is 12.0. The molecule has 1 amide bonds. The van der Waals surface area contributed by atoms with Crippen molar-refractivity contribution in [2.75, 3.05) is 11.9 Å². The number of hydrogen-bond donors (Lipinski definition) is 2. The SMILES string of the molecule is Cc1ccc(NC(=O)COC(=O)Cc2c[nH]c3ccccc23)c(C)c1. The molecule has 25 heavy (non-hydrogen) atoms. The number of amides is 1. The van der Waals surface area contributed by atoms with Crippen molar-refractivity contribution >= 4 is 28.5 Å². The van der Waals surface area contributed by atoms with E-state index in [1.165, 1.54) is 0 Å². The summed E-state index contributed by atoms with van der Waals surface area (Å²) < 4.78 is 5.10. The number of rotatable bonds is 5. The monoisotopic (exact) mass is 336 g/mol. The maximum atomic E-state index is 12.0. The van der Waals surface area contributed by atoms with Crippen molar-refractivity contribution in [1.29, 1.82) is 0 Å². The smallest absolute Gasteiger partial charge is 0.310 e. The molecule has 0 aliphatic heterocycles. The lowest BCUT2D eigenvalue weighted by atomic mass is 10.1. The van der Waals surface area contributed by atoms with E-state index in [9.17, 15) is 9.59 Å². The van der Waals surface area contributed by atoms with Gasteiger partial charge in [0.15, 0.2) is 6.61 Å². The van der Waals surface area contributed by atoms with Gasteiger partial charge in [-0.3, -0.25) is 9.59 Å². The number of para-hydroxylation sites is 1. The lowest BCUT2D eigenvalue weighted by Gasteiger charge is -2.09. The number of hydrogen-bond acceptors (Lipinski definition) is 3.